The third kappa shape index (κ3) is 2.76. The van der Waals surface area contributed by atoms with Gasteiger partial charge in [0.15, 0.2) is 0 Å². The van der Waals surface area contributed by atoms with E-state index in [1.54, 1.807) is 0 Å². The normalized spacial score (nSPS) is 10.2. The van der Waals surface area contributed by atoms with E-state index in [0.29, 0.717) is 5.75 Å². The molecule has 2 aromatic rings. The number of phenolic OH excluding ortho intramolecular Hbond substituents is 1. The molecule has 0 bridgehead atoms. The van der Waals surface area contributed by atoms with Crippen LogP contribution in [0.25, 0.3) is 5.57 Å². The lowest BCUT2D eigenvalue weighted by Crippen LogP contribution is -1.89. The van der Waals surface area contributed by atoms with Crippen LogP contribution in [-0.4, -0.2) is 5.11 Å². The van der Waals surface area contributed by atoms with Crippen LogP contribution in [0.2, 0.25) is 0 Å². The molecule has 86 valence electrons. The average molecular weight is 224 g/mol. The lowest BCUT2D eigenvalue weighted by Gasteiger charge is -2.07. The van der Waals surface area contributed by atoms with E-state index in [2.05, 4.69) is 18.7 Å². The Kier molecular flexibility index (Phi) is 3.29. The van der Waals surface area contributed by atoms with E-state index in [9.17, 15) is 5.11 Å². The summed E-state index contributed by atoms with van der Waals surface area (Å²) >= 11 is 0. The second-order valence-electron chi connectivity index (χ2n) is 4.29. The Hall–Kier alpha value is -2.02. The number of aromatic hydroxyl groups is 1. The van der Waals surface area contributed by atoms with Crippen molar-refractivity contribution in [2.75, 3.05) is 0 Å². The maximum atomic E-state index is 9.88. The summed E-state index contributed by atoms with van der Waals surface area (Å²) in [6.45, 7) is 5.73. The summed E-state index contributed by atoms with van der Waals surface area (Å²) in [6, 6.07) is 16.0. The van der Waals surface area contributed by atoms with Gasteiger partial charge in [-0.2, -0.15) is 0 Å². The van der Waals surface area contributed by atoms with Gasteiger partial charge in [0.05, 0.1) is 0 Å². The molecule has 2 aromatic carbocycles. The Morgan fingerprint density at radius 3 is 2.35 bits per heavy atom. The Morgan fingerprint density at radius 1 is 1.06 bits per heavy atom. The van der Waals surface area contributed by atoms with E-state index in [-0.39, 0.29) is 0 Å². The Bertz CT molecular complexity index is 526. The highest BCUT2D eigenvalue weighted by Gasteiger charge is 2.03. The van der Waals surface area contributed by atoms with Crippen LogP contribution in [0.15, 0.2) is 55.1 Å². The van der Waals surface area contributed by atoms with Crippen molar-refractivity contribution in [2.45, 2.75) is 13.3 Å². The smallest absolute Gasteiger partial charge is 0.123 e. The predicted octanol–water partition coefficient (Wildman–Crippen LogP) is 4.02. The Balaban J connectivity index is 2.24. The first kappa shape index (κ1) is 11.5. The molecule has 1 nitrogen and oxygen atoms in total. The van der Waals surface area contributed by atoms with Gasteiger partial charge >= 0.3 is 0 Å². The third-order valence-corrected chi connectivity index (χ3v) is 2.77. The maximum absolute atomic E-state index is 9.88. The van der Waals surface area contributed by atoms with Gasteiger partial charge in [-0.3, -0.25) is 0 Å². The molecule has 0 saturated carbocycles. The molecule has 1 heteroatoms. The van der Waals surface area contributed by atoms with Crippen molar-refractivity contribution in [3.05, 3.63) is 71.8 Å². The molecule has 0 atom stereocenters. The fourth-order valence-electron chi connectivity index (χ4n) is 1.88. The molecule has 0 aliphatic carbocycles. The van der Waals surface area contributed by atoms with Gasteiger partial charge in [-0.15, -0.1) is 0 Å². The standard InChI is InChI=1S/C16H16O/c1-12(2)15-9-8-14(11-16(15)17)10-13-6-4-3-5-7-13/h3-9,11,17H,1,10H2,2H3. The molecule has 0 unspecified atom stereocenters. The van der Waals surface area contributed by atoms with Crippen LogP contribution in [0.5, 0.6) is 5.75 Å². The van der Waals surface area contributed by atoms with E-state index in [1.807, 2.05) is 43.3 Å². The summed E-state index contributed by atoms with van der Waals surface area (Å²) in [7, 11) is 0. The molecule has 0 aromatic heterocycles. The third-order valence-electron chi connectivity index (χ3n) is 2.77. The summed E-state index contributed by atoms with van der Waals surface area (Å²) < 4.78 is 0. The summed E-state index contributed by atoms with van der Waals surface area (Å²) in [4.78, 5) is 0. The number of benzene rings is 2. The van der Waals surface area contributed by atoms with Crippen molar-refractivity contribution in [3.63, 3.8) is 0 Å². The van der Waals surface area contributed by atoms with E-state index in [1.165, 1.54) is 5.56 Å². The van der Waals surface area contributed by atoms with E-state index in [4.69, 9.17) is 0 Å². The van der Waals surface area contributed by atoms with Gasteiger partial charge in [-0.05, 0) is 36.1 Å². The van der Waals surface area contributed by atoms with Crippen LogP contribution in [0.1, 0.15) is 23.6 Å². The van der Waals surface area contributed by atoms with Crippen molar-refractivity contribution in [3.8, 4) is 5.75 Å². The molecule has 0 radical (unpaired) electrons. The summed E-state index contributed by atoms with van der Waals surface area (Å²) in [5, 5.41) is 9.88. The molecule has 17 heavy (non-hydrogen) atoms. The van der Waals surface area contributed by atoms with Crippen LogP contribution in [0, 0.1) is 0 Å². The van der Waals surface area contributed by atoms with Crippen LogP contribution in [0.4, 0.5) is 0 Å². The number of hydrogen-bond acceptors (Lipinski definition) is 1. The summed E-state index contributed by atoms with van der Waals surface area (Å²) in [5.74, 6) is 0.311. The zero-order valence-electron chi connectivity index (χ0n) is 9.98. The average Bonchev–Trinajstić information content (AvgIpc) is 2.30. The molecule has 0 aliphatic rings. The molecule has 0 spiro atoms. The second kappa shape index (κ2) is 4.88. The number of phenols is 1. The number of rotatable bonds is 3. The highest BCUT2D eigenvalue weighted by atomic mass is 16.3. The SMILES string of the molecule is C=C(C)c1ccc(Cc2ccccc2)cc1O. The van der Waals surface area contributed by atoms with Gasteiger partial charge in [0.2, 0.25) is 0 Å². The first-order valence-electron chi connectivity index (χ1n) is 5.68. The minimum absolute atomic E-state index is 0.311. The molecule has 0 heterocycles. The molecule has 0 saturated heterocycles. The second-order valence-corrected chi connectivity index (χ2v) is 4.29. The molecule has 0 aliphatic heterocycles. The highest BCUT2D eigenvalue weighted by molar-refractivity contribution is 5.67. The van der Waals surface area contributed by atoms with Crippen molar-refractivity contribution < 1.29 is 5.11 Å². The van der Waals surface area contributed by atoms with Crippen LogP contribution in [-0.2, 0) is 6.42 Å². The fourth-order valence-corrected chi connectivity index (χ4v) is 1.88. The van der Waals surface area contributed by atoms with E-state index < -0.39 is 0 Å². The monoisotopic (exact) mass is 224 g/mol. The van der Waals surface area contributed by atoms with Gasteiger partial charge in [0.1, 0.15) is 5.75 Å². The minimum Gasteiger partial charge on any atom is -0.507 e. The molecule has 0 fully saturated rings. The van der Waals surface area contributed by atoms with Gasteiger partial charge < -0.3 is 5.11 Å². The van der Waals surface area contributed by atoms with Gasteiger partial charge in [0.25, 0.3) is 0 Å². The highest BCUT2D eigenvalue weighted by Crippen LogP contribution is 2.25. The Labute approximate surface area is 102 Å². The number of hydrogen-bond donors (Lipinski definition) is 1. The topological polar surface area (TPSA) is 20.2 Å². The first-order chi connectivity index (χ1) is 8.16. The Morgan fingerprint density at radius 2 is 1.76 bits per heavy atom. The zero-order chi connectivity index (χ0) is 12.3. The molecular formula is C16H16O. The van der Waals surface area contributed by atoms with Crippen molar-refractivity contribution in [2.24, 2.45) is 0 Å². The zero-order valence-corrected chi connectivity index (χ0v) is 9.98. The van der Waals surface area contributed by atoms with E-state index in [0.717, 1.165) is 23.1 Å². The van der Waals surface area contributed by atoms with Gasteiger partial charge in [0, 0.05) is 5.56 Å². The lowest BCUT2D eigenvalue weighted by atomic mass is 10.0. The molecular weight excluding hydrogens is 208 g/mol. The predicted molar refractivity (Wildman–Crippen MR) is 72.1 cm³/mol. The quantitative estimate of drug-likeness (QED) is 0.835. The maximum Gasteiger partial charge on any atom is 0.123 e. The van der Waals surface area contributed by atoms with Crippen molar-refractivity contribution in [1.29, 1.82) is 0 Å². The minimum atomic E-state index is 0.311. The van der Waals surface area contributed by atoms with Crippen LogP contribution >= 0.6 is 0 Å². The van der Waals surface area contributed by atoms with Gasteiger partial charge in [-0.1, -0.05) is 49.0 Å². The van der Waals surface area contributed by atoms with Crippen LogP contribution in [0.3, 0.4) is 0 Å². The van der Waals surface area contributed by atoms with Crippen LogP contribution < -0.4 is 0 Å². The summed E-state index contributed by atoms with van der Waals surface area (Å²) in [6.07, 6.45) is 0.838. The lowest BCUT2D eigenvalue weighted by molar-refractivity contribution is 0.473. The van der Waals surface area contributed by atoms with E-state index >= 15 is 0 Å². The molecule has 1 N–H and O–H groups in total. The van der Waals surface area contributed by atoms with Crippen molar-refractivity contribution in [1.82, 2.24) is 0 Å². The first-order valence-corrected chi connectivity index (χ1v) is 5.68. The molecule has 0 amide bonds. The summed E-state index contributed by atoms with van der Waals surface area (Å²) in [5.41, 5.74) is 4.06. The number of allylic oxidation sites excluding steroid dienone is 1. The van der Waals surface area contributed by atoms with Gasteiger partial charge in [-0.25, -0.2) is 0 Å². The fraction of sp³-hybridized carbons (Fsp3) is 0.125. The largest absolute Gasteiger partial charge is 0.507 e. The van der Waals surface area contributed by atoms with Crippen molar-refractivity contribution >= 4 is 5.57 Å². The molecule has 2 rings (SSSR count).